The Bertz CT molecular complexity index is 359. The third-order valence-corrected chi connectivity index (χ3v) is 5.42. The zero-order valence-corrected chi connectivity index (χ0v) is 12.1. The van der Waals surface area contributed by atoms with E-state index in [-0.39, 0.29) is 0 Å². The molecule has 1 heterocycles. The van der Waals surface area contributed by atoms with Crippen molar-refractivity contribution in [3.8, 4) is 0 Å². The lowest BCUT2D eigenvalue weighted by Gasteiger charge is -2.43. The minimum Gasteiger partial charge on any atom is -0.314 e. The molecule has 0 radical (unpaired) electrons. The van der Waals surface area contributed by atoms with Crippen LogP contribution in [0.25, 0.3) is 0 Å². The summed E-state index contributed by atoms with van der Waals surface area (Å²) in [6.07, 6.45) is 6.86. The van der Waals surface area contributed by atoms with E-state index in [0.717, 1.165) is 18.0 Å². The minimum atomic E-state index is 0.830. The van der Waals surface area contributed by atoms with Gasteiger partial charge in [0.25, 0.3) is 0 Å². The highest BCUT2D eigenvalue weighted by Gasteiger charge is 2.34. The lowest BCUT2D eigenvalue weighted by Crippen LogP contribution is -2.49. The largest absolute Gasteiger partial charge is 0.314 e. The summed E-state index contributed by atoms with van der Waals surface area (Å²) in [5.41, 5.74) is 0. The SMILES string of the molecule is CN(CCc1cccs1)C1CCC1CNC1CC1. The molecule has 2 nitrogen and oxygen atoms in total. The van der Waals surface area contributed by atoms with Crippen LogP contribution in [0.4, 0.5) is 0 Å². The van der Waals surface area contributed by atoms with Crippen LogP contribution < -0.4 is 5.32 Å². The second kappa shape index (κ2) is 5.72. The molecule has 0 bridgehead atoms. The Kier molecular flexibility index (Phi) is 4.02. The highest BCUT2D eigenvalue weighted by atomic mass is 32.1. The van der Waals surface area contributed by atoms with Gasteiger partial charge in [0.05, 0.1) is 0 Å². The molecule has 2 fully saturated rings. The van der Waals surface area contributed by atoms with E-state index in [4.69, 9.17) is 0 Å². The molecule has 100 valence electrons. The number of rotatable bonds is 7. The van der Waals surface area contributed by atoms with Gasteiger partial charge in [0.15, 0.2) is 0 Å². The maximum atomic E-state index is 3.69. The maximum absolute atomic E-state index is 3.69. The van der Waals surface area contributed by atoms with E-state index in [1.807, 2.05) is 11.3 Å². The van der Waals surface area contributed by atoms with E-state index in [2.05, 4.69) is 34.8 Å². The van der Waals surface area contributed by atoms with E-state index in [1.54, 1.807) is 0 Å². The number of nitrogens with one attached hydrogen (secondary N) is 1. The van der Waals surface area contributed by atoms with Gasteiger partial charge in [-0.1, -0.05) is 6.07 Å². The highest BCUT2D eigenvalue weighted by Crippen LogP contribution is 2.32. The van der Waals surface area contributed by atoms with Gasteiger partial charge in [-0.05, 0) is 63.1 Å². The van der Waals surface area contributed by atoms with Crippen LogP contribution >= 0.6 is 11.3 Å². The first-order valence-electron chi connectivity index (χ1n) is 7.29. The van der Waals surface area contributed by atoms with Crippen molar-refractivity contribution in [1.82, 2.24) is 10.2 Å². The van der Waals surface area contributed by atoms with Crippen molar-refractivity contribution in [3.63, 3.8) is 0 Å². The molecule has 1 N–H and O–H groups in total. The molecule has 0 saturated heterocycles. The lowest BCUT2D eigenvalue weighted by atomic mass is 9.78. The molecule has 0 aromatic carbocycles. The van der Waals surface area contributed by atoms with Gasteiger partial charge in [0.2, 0.25) is 0 Å². The average molecular weight is 264 g/mol. The monoisotopic (exact) mass is 264 g/mol. The third kappa shape index (κ3) is 3.14. The first kappa shape index (κ1) is 12.6. The summed E-state index contributed by atoms with van der Waals surface area (Å²) in [4.78, 5) is 4.11. The van der Waals surface area contributed by atoms with E-state index < -0.39 is 0 Å². The van der Waals surface area contributed by atoms with Crippen molar-refractivity contribution in [2.24, 2.45) is 5.92 Å². The fraction of sp³-hybridized carbons (Fsp3) is 0.733. The molecular formula is C15H24N2S. The summed E-state index contributed by atoms with van der Waals surface area (Å²) in [6.45, 7) is 2.46. The first-order chi connectivity index (χ1) is 8.83. The van der Waals surface area contributed by atoms with Crippen molar-refractivity contribution in [2.75, 3.05) is 20.1 Å². The molecule has 2 aliphatic rings. The lowest BCUT2D eigenvalue weighted by molar-refractivity contribution is 0.0847. The number of nitrogens with zero attached hydrogens (tertiary/aromatic N) is 1. The van der Waals surface area contributed by atoms with Crippen LogP contribution in [-0.4, -0.2) is 37.1 Å². The van der Waals surface area contributed by atoms with E-state index >= 15 is 0 Å². The van der Waals surface area contributed by atoms with Crippen LogP contribution in [0.3, 0.4) is 0 Å². The van der Waals surface area contributed by atoms with Crippen molar-refractivity contribution < 1.29 is 0 Å². The zero-order chi connectivity index (χ0) is 12.4. The van der Waals surface area contributed by atoms with Gasteiger partial charge in [-0.2, -0.15) is 0 Å². The van der Waals surface area contributed by atoms with Gasteiger partial charge < -0.3 is 10.2 Å². The zero-order valence-electron chi connectivity index (χ0n) is 11.3. The quantitative estimate of drug-likeness (QED) is 0.814. The van der Waals surface area contributed by atoms with Gasteiger partial charge in [0, 0.05) is 23.5 Å². The average Bonchev–Trinajstić information content (AvgIpc) is 3.00. The van der Waals surface area contributed by atoms with Crippen molar-refractivity contribution in [3.05, 3.63) is 22.4 Å². The van der Waals surface area contributed by atoms with Crippen molar-refractivity contribution >= 4 is 11.3 Å². The molecule has 2 unspecified atom stereocenters. The Balaban J connectivity index is 1.39. The second-order valence-electron chi connectivity index (χ2n) is 5.90. The fourth-order valence-corrected chi connectivity index (χ4v) is 3.58. The number of likely N-dealkylation sites (N-methyl/N-ethyl adjacent to an activating group) is 1. The van der Waals surface area contributed by atoms with E-state index in [9.17, 15) is 0 Å². The molecule has 0 spiro atoms. The summed E-state index contributed by atoms with van der Waals surface area (Å²) in [5, 5.41) is 5.87. The molecule has 2 aliphatic carbocycles. The maximum Gasteiger partial charge on any atom is 0.0133 e. The molecule has 1 aromatic heterocycles. The van der Waals surface area contributed by atoms with Crippen LogP contribution in [0.5, 0.6) is 0 Å². The van der Waals surface area contributed by atoms with Gasteiger partial charge in [-0.25, -0.2) is 0 Å². The Morgan fingerprint density at radius 1 is 1.33 bits per heavy atom. The Hall–Kier alpha value is -0.380. The molecule has 2 saturated carbocycles. The normalized spacial score (nSPS) is 27.4. The minimum absolute atomic E-state index is 0.830. The highest BCUT2D eigenvalue weighted by molar-refractivity contribution is 7.09. The van der Waals surface area contributed by atoms with E-state index in [0.29, 0.717) is 0 Å². The Morgan fingerprint density at radius 3 is 2.83 bits per heavy atom. The molecule has 3 heteroatoms. The van der Waals surface area contributed by atoms with Gasteiger partial charge >= 0.3 is 0 Å². The predicted octanol–water partition coefficient (Wildman–Crippen LogP) is 2.75. The smallest absolute Gasteiger partial charge is 0.0133 e. The van der Waals surface area contributed by atoms with Crippen LogP contribution in [-0.2, 0) is 6.42 Å². The third-order valence-electron chi connectivity index (χ3n) is 4.48. The Morgan fingerprint density at radius 2 is 2.22 bits per heavy atom. The summed E-state index contributed by atoms with van der Waals surface area (Å²) in [7, 11) is 2.31. The summed E-state index contributed by atoms with van der Waals surface area (Å²) in [6, 6.07) is 6.11. The van der Waals surface area contributed by atoms with Crippen LogP contribution in [0, 0.1) is 5.92 Å². The van der Waals surface area contributed by atoms with Crippen molar-refractivity contribution in [2.45, 2.75) is 44.2 Å². The molecule has 2 atom stereocenters. The first-order valence-corrected chi connectivity index (χ1v) is 8.17. The molecule has 18 heavy (non-hydrogen) atoms. The summed E-state index contributed by atoms with van der Waals surface area (Å²) < 4.78 is 0. The Labute approximate surface area is 114 Å². The molecular weight excluding hydrogens is 240 g/mol. The summed E-state index contributed by atoms with van der Waals surface area (Å²) >= 11 is 1.89. The van der Waals surface area contributed by atoms with Crippen LogP contribution in [0.1, 0.15) is 30.6 Å². The van der Waals surface area contributed by atoms with E-state index in [1.165, 1.54) is 50.1 Å². The molecule has 0 aliphatic heterocycles. The predicted molar refractivity (Wildman–Crippen MR) is 78.2 cm³/mol. The standard InChI is InChI=1S/C15H24N2S/c1-17(9-8-14-3-2-10-18-14)15-7-4-12(15)11-16-13-5-6-13/h2-3,10,12-13,15-16H,4-9,11H2,1H3. The molecule has 1 aromatic rings. The topological polar surface area (TPSA) is 15.3 Å². The van der Waals surface area contributed by atoms with Gasteiger partial charge in [-0.15, -0.1) is 11.3 Å². The van der Waals surface area contributed by atoms with Gasteiger partial charge in [-0.3, -0.25) is 0 Å². The second-order valence-corrected chi connectivity index (χ2v) is 6.93. The van der Waals surface area contributed by atoms with Crippen molar-refractivity contribution in [1.29, 1.82) is 0 Å². The molecule has 3 rings (SSSR count). The van der Waals surface area contributed by atoms with Crippen LogP contribution in [0.15, 0.2) is 17.5 Å². The molecule has 0 amide bonds. The number of hydrogen-bond acceptors (Lipinski definition) is 3. The van der Waals surface area contributed by atoms with Crippen LogP contribution in [0.2, 0.25) is 0 Å². The van der Waals surface area contributed by atoms with Gasteiger partial charge in [0.1, 0.15) is 0 Å². The number of thiophene rings is 1. The fourth-order valence-electron chi connectivity index (χ4n) is 2.88. The summed E-state index contributed by atoms with van der Waals surface area (Å²) in [5.74, 6) is 0.902. The number of hydrogen-bond donors (Lipinski definition) is 1.